The minimum absolute atomic E-state index is 0.0652. The zero-order chi connectivity index (χ0) is 17.4. The Hall–Kier alpha value is -1.88. The first kappa shape index (κ1) is 18.5. The Labute approximate surface area is 144 Å². The molecular formula is C19H28N2O3. The number of hydrogen-bond donors (Lipinski definition) is 1. The van der Waals surface area contributed by atoms with Crippen molar-refractivity contribution in [3.63, 3.8) is 0 Å². The van der Waals surface area contributed by atoms with Crippen molar-refractivity contribution in [2.75, 3.05) is 26.7 Å². The molecule has 132 valence electrons. The molecule has 24 heavy (non-hydrogen) atoms. The number of aliphatic carboxylic acids is 1. The predicted molar refractivity (Wildman–Crippen MR) is 93.9 cm³/mol. The highest BCUT2D eigenvalue weighted by Gasteiger charge is 2.23. The van der Waals surface area contributed by atoms with Crippen molar-refractivity contribution in [3.8, 4) is 0 Å². The van der Waals surface area contributed by atoms with Crippen molar-refractivity contribution < 1.29 is 14.7 Å². The van der Waals surface area contributed by atoms with E-state index in [0.29, 0.717) is 6.42 Å². The molecule has 2 rings (SSSR count). The number of rotatable bonds is 7. The summed E-state index contributed by atoms with van der Waals surface area (Å²) in [6.45, 7) is 1.59. The van der Waals surface area contributed by atoms with Gasteiger partial charge < -0.3 is 10.0 Å². The Bertz CT molecular complexity index is 533. The van der Waals surface area contributed by atoms with Gasteiger partial charge in [0.15, 0.2) is 0 Å². The fourth-order valence-corrected chi connectivity index (χ4v) is 3.36. The van der Waals surface area contributed by atoms with Crippen molar-refractivity contribution in [2.24, 2.45) is 0 Å². The summed E-state index contributed by atoms with van der Waals surface area (Å²) in [4.78, 5) is 27.1. The molecule has 1 heterocycles. The van der Waals surface area contributed by atoms with Gasteiger partial charge in [0.2, 0.25) is 5.91 Å². The number of carboxylic acid groups (broad SMARTS) is 1. The molecule has 0 spiro atoms. The van der Waals surface area contributed by atoms with Gasteiger partial charge in [-0.2, -0.15) is 0 Å². The molecule has 1 unspecified atom stereocenters. The second-order valence-corrected chi connectivity index (χ2v) is 6.61. The summed E-state index contributed by atoms with van der Waals surface area (Å²) in [5, 5.41) is 8.91. The number of carbonyl (C=O) groups is 2. The van der Waals surface area contributed by atoms with Gasteiger partial charge in [0.25, 0.3) is 0 Å². The third kappa shape index (κ3) is 5.96. The maximum atomic E-state index is 12.4. The van der Waals surface area contributed by atoms with Crippen LogP contribution in [0.15, 0.2) is 30.3 Å². The second-order valence-electron chi connectivity index (χ2n) is 6.61. The van der Waals surface area contributed by atoms with E-state index < -0.39 is 5.97 Å². The van der Waals surface area contributed by atoms with Crippen molar-refractivity contribution in [3.05, 3.63) is 35.9 Å². The van der Waals surface area contributed by atoms with E-state index in [1.807, 2.05) is 35.0 Å². The van der Waals surface area contributed by atoms with Crippen molar-refractivity contribution in [1.29, 1.82) is 0 Å². The molecule has 1 amide bonds. The fraction of sp³-hybridized carbons (Fsp3) is 0.579. The van der Waals surface area contributed by atoms with Crippen LogP contribution in [0.25, 0.3) is 0 Å². The lowest BCUT2D eigenvalue weighted by Gasteiger charge is -2.25. The number of carboxylic acids is 1. The Morgan fingerprint density at radius 2 is 1.96 bits per heavy atom. The van der Waals surface area contributed by atoms with Gasteiger partial charge in [-0.05, 0) is 44.7 Å². The van der Waals surface area contributed by atoms with Gasteiger partial charge in [0.1, 0.15) is 0 Å². The van der Waals surface area contributed by atoms with E-state index in [1.165, 1.54) is 5.56 Å². The van der Waals surface area contributed by atoms with Gasteiger partial charge in [-0.3, -0.25) is 14.5 Å². The number of nitrogens with zero attached hydrogens (tertiary/aromatic N) is 2. The molecule has 5 heteroatoms. The molecule has 0 aliphatic carbocycles. The number of benzene rings is 1. The molecule has 1 aliphatic rings. The Balaban J connectivity index is 1.74. The first-order valence-corrected chi connectivity index (χ1v) is 8.80. The van der Waals surface area contributed by atoms with Gasteiger partial charge in [-0.1, -0.05) is 30.3 Å². The van der Waals surface area contributed by atoms with Crippen LogP contribution in [0.1, 0.15) is 37.7 Å². The molecule has 1 aromatic rings. The van der Waals surface area contributed by atoms with Crippen molar-refractivity contribution >= 4 is 11.9 Å². The molecule has 1 aromatic carbocycles. The first-order chi connectivity index (χ1) is 11.6. The second kappa shape index (κ2) is 9.42. The van der Waals surface area contributed by atoms with Crippen LogP contribution < -0.4 is 0 Å². The van der Waals surface area contributed by atoms with E-state index in [1.54, 1.807) is 0 Å². The van der Waals surface area contributed by atoms with E-state index in [0.717, 1.165) is 45.2 Å². The highest BCUT2D eigenvalue weighted by Crippen LogP contribution is 2.17. The Kier molecular flexibility index (Phi) is 7.25. The Morgan fingerprint density at radius 1 is 1.21 bits per heavy atom. The van der Waals surface area contributed by atoms with Gasteiger partial charge in [-0.25, -0.2) is 0 Å². The van der Waals surface area contributed by atoms with E-state index in [9.17, 15) is 9.59 Å². The number of aryl methyl sites for hydroxylation is 1. The predicted octanol–water partition coefficient (Wildman–Crippen LogP) is 2.41. The molecule has 1 atom stereocenters. The summed E-state index contributed by atoms with van der Waals surface area (Å²) >= 11 is 0. The highest BCUT2D eigenvalue weighted by molar-refractivity contribution is 5.76. The van der Waals surface area contributed by atoms with Gasteiger partial charge in [-0.15, -0.1) is 0 Å². The standard InChI is InChI=1S/C19H28N2O3/c1-20(15-19(23)24)17-10-6-13-21(14-12-17)18(22)11-5-9-16-7-3-2-4-8-16/h2-4,7-8,17H,5-6,9-15H2,1H3,(H,23,24). The summed E-state index contributed by atoms with van der Waals surface area (Å²) < 4.78 is 0. The molecule has 0 saturated carbocycles. The van der Waals surface area contributed by atoms with Crippen LogP contribution in [-0.2, 0) is 16.0 Å². The topological polar surface area (TPSA) is 60.9 Å². The SMILES string of the molecule is CN(CC(=O)O)C1CCCN(C(=O)CCCc2ccccc2)CC1. The smallest absolute Gasteiger partial charge is 0.317 e. The number of likely N-dealkylation sites (N-methyl/N-ethyl adjacent to an activating group) is 1. The molecule has 0 aromatic heterocycles. The van der Waals surface area contributed by atoms with E-state index >= 15 is 0 Å². The van der Waals surface area contributed by atoms with Crippen LogP contribution in [0.2, 0.25) is 0 Å². The first-order valence-electron chi connectivity index (χ1n) is 8.80. The lowest BCUT2D eigenvalue weighted by molar-refractivity contribution is -0.138. The summed E-state index contributed by atoms with van der Waals surface area (Å²) in [5.74, 6) is -0.567. The van der Waals surface area contributed by atoms with Crippen LogP contribution in [-0.4, -0.2) is 59.5 Å². The zero-order valence-electron chi connectivity index (χ0n) is 14.5. The fourth-order valence-electron chi connectivity index (χ4n) is 3.36. The molecular weight excluding hydrogens is 304 g/mol. The summed E-state index contributed by atoms with van der Waals surface area (Å²) in [6.07, 6.45) is 5.15. The maximum absolute atomic E-state index is 12.4. The third-order valence-corrected chi connectivity index (χ3v) is 4.76. The highest BCUT2D eigenvalue weighted by atomic mass is 16.4. The third-order valence-electron chi connectivity index (χ3n) is 4.76. The van der Waals surface area contributed by atoms with Crippen molar-refractivity contribution in [2.45, 2.75) is 44.6 Å². The number of likely N-dealkylation sites (tertiary alicyclic amines) is 1. The maximum Gasteiger partial charge on any atom is 0.317 e. The molecule has 1 fully saturated rings. The van der Waals surface area contributed by atoms with Crippen LogP contribution in [0.5, 0.6) is 0 Å². The van der Waals surface area contributed by atoms with Gasteiger partial charge in [0, 0.05) is 25.6 Å². The Morgan fingerprint density at radius 3 is 2.67 bits per heavy atom. The minimum Gasteiger partial charge on any atom is -0.480 e. The van der Waals surface area contributed by atoms with Crippen LogP contribution in [0, 0.1) is 0 Å². The van der Waals surface area contributed by atoms with Crippen LogP contribution >= 0.6 is 0 Å². The number of carbonyl (C=O) groups excluding carboxylic acids is 1. The average molecular weight is 332 g/mol. The summed E-state index contributed by atoms with van der Waals surface area (Å²) in [5.41, 5.74) is 1.27. The summed E-state index contributed by atoms with van der Waals surface area (Å²) in [7, 11) is 1.86. The molecule has 0 bridgehead atoms. The van der Waals surface area contributed by atoms with Crippen molar-refractivity contribution in [1.82, 2.24) is 9.80 Å². The van der Waals surface area contributed by atoms with E-state index in [4.69, 9.17) is 5.11 Å². The quantitative estimate of drug-likeness (QED) is 0.833. The number of hydrogen-bond acceptors (Lipinski definition) is 3. The number of amides is 1. The zero-order valence-corrected chi connectivity index (χ0v) is 14.5. The van der Waals surface area contributed by atoms with Crippen LogP contribution in [0.3, 0.4) is 0 Å². The monoisotopic (exact) mass is 332 g/mol. The normalized spacial score (nSPS) is 18.4. The average Bonchev–Trinajstić information content (AvgIpc) is 2.81. The molecule has 5 nitrogen and oxygen atoms in total. The lowest BCUT2D eigenvalue weighted by atomic mass is 10.1. The largest absolute Gasteiger partial charge is 0.480 e. The van der Waals surface area contributed by atoms with Gasteiger partial charge >= 0.3 is 5.97 Å². The molecule has 1 N–H and O–H groups in total. The van der Waals surface area contributed by atoms with E-state index in [-0.39, 0.29) is 18.5 Å². The minimum atomic E-state index is -0.796. The van der Waals surface area contributed by atoms with Gasteiger partial charge in [0.05, 0.1) is 6.54 Å². The van der Waals surface area contributed by atoms with Crippen LogP contribution in [0.4, 0.5) is 0 Å². The lowest BCUT2D eigenvalue weighted by Crippen LogP contribution is -2.37. The molecule has 0 radical (unpaired) electrons. The van der Waals surface area contributed by atoms with E-state index in [2.05, 4.69) is 12.1 Å². The summed E-state index contributed by atoms with van der Waals surface area (Å²) in [6, 6.07) is 10.5. The molecule has 1 aliphatic heterocycles. The molecule has 1 saturated heterocycles.